The van der Waals surface area contributed by atoms with E-state index in [4.69, 9.17) is 4.42 Å². The summed E-state index contributed by atoms with van der Waals surface area (Å²) in [6.45, 7) is 4.71. The van der Waals surface area contributed by atoms with Crippen LogP contribution in [0.15, 0.2) is 132 Å². The number of benzene rings is 6. The summed E-state index contributed by atoms with van der Waals surface area (Å²) >= 11 is 1.86. The largest absolute Gasteiger partial charge is 0.456 e. The minimum atomic E-state index is -0.163. The third-order valence-electron chi connectivity index (χ3n) is 9.06. The molecule has 3 heterocycles. The first-order valence-corrected chi connectivity index (χ1v) is 15.2. The van der Waals surface area contributed by atoms with Gasteiger partial charge in [-0.15, -0.1) is 11.3 Å². The summed E-state index contributed by atoms with van der Waals surface area (Å²) in [5.74, 6) is 0. The van der Waals surface area contributed by atoms with E-state index < -0.39 is 0 Å². The molecule has 0 amide bonds. The molecule has 0 spiro atoms. The van der Waals surface area contributed by atoms with Gasteiger partial charge < -0.3 is 9.32 Å². The maximum atomic E-state index is 6.11. The van der Waals surface area contributed by atoms with Gasteiger partial charge in [-0.25, -0.2) is 0 Å². The first kappa shape index (κ1) is 23.8. The van der Waals surface area contributed by atoms with Crippen LogP contribution < -0.4 is 4.90 Å². The molecule has 0 N–H and O–H groups in total. The van der Waals surface area contributed by atoms with Crippen LogP contribution in [-0.2, 0) is 5.41 Å². The van der Waals surface area contributed by atoms with Crippen LogP contribution in [0.1, 0.15) is 25.0 Å². The summed E-state index contributed by atoms with van der Waals surface area (Å²) in [6.07, 6.45) is 0. The number of para-hydroxylation sites is 2. The van der Waals surface area contributed by atoms with Crippen LogP contribution in [0, 0.1) is 0 Å². The van der Waals surface area contributed by atoms with Crippen molar-refractivity contribution in [3.8, 4) is 11.1 Å². The standard InChI is InChI=1S/C39H27NOS/c1-39(2)31-11-5-6-12-33(31)40(26-17-20-38-30(23-26)28-10-4-8-14-37(28)42-38)34-18-15-25(22-32(34)39)24-16-19-36-29(21-24)27-9-3-7-13-35(27)41-36/h3-23H,1-2H3. The average molecular weight is 558 g/mol. The number of nitrogens with zero attached hydrogens (tertiary/aromatic N) is 1. The van der Waals surface area contributed by atoms with E-state index in [1.54, 1.807) is 0 Å². The minimum Gasteiger partial charge on any atom is -0.456 e. The zero-order valence-electron chi connectivity index (χ0n) is 23.4. The second-order valence-corrected chi connectivity index (χ2v) is 12.9. The van der Waals surface area contributed by atoms with Crippen LogP contribution in [0.2, 0.25) is 0 Å². The van der Waals surface area contributed by atoms with Crippen molar-refractivity contribution in [3.05, 3.63) is 139 Å². The third kappa shape index (κ3) is 3.32. The monoisotopic (exact) mass is 557 g/mol. The molecular formula is C39H27NOS. The quantitative estimate of drug-likeness (QED) is 0.210. The smallest absolute Gasteiger partial charge is 0.135 e. The molecule has 3 heteroatoms. The molecule has 0 fully saturated rings. The Kier molecular flexibility index (Phi) is 4.86. The fraction of sp³-hybridized carbons (Fsp3) is 0.0769. The Hall–Kier alpha value is -4.86. The Morgan fingerprint density at radius 3 is 2.14 bits per heavy atom. The van der Waals surface area contributed by atoms with Crippen molar-refractivity contribution in [1.29, 1.82) is 0 Å². The van der Waals surface area contributed by atoms with Crippen LogP contribution >= 0.6 is 11.3 Å². The van der Waals surface area contributed by atoms with Crippen molar-refractivity contribution in [2.45, 2.75) is 19.3 Å². The molecule has 42 heavy (non-hydrogen) atoms. The summed E-state index contributed by atoms with van der Waals surface area (Å²) in [7, 11) is 0. The van der Waals surface area contributed by atoms with Crippen molar-refractivity contribution in [1.82, 2.24) is 0 Å². The topological polar surface area (TPSA) is 16.4 Å². The lowest BCUT2D eigenvalue weighted by Gasteiger charge is -2.42. The van der Waals surface area contributed by atoms with Gasteiger partial charge in [0.05, 0.1) is 11.4 Å². The minimum absolute atomic E-state index is 0.163. The van der Waals surface area contributed by atoms with Gasteiger partial charge in [0.15, 0.2) is 0 Å². The molecule has 0 saturated heterocycles. The molecule has 0 aliphatic carbocycles. The number of anilines is 3. The van der Waals surface area contributed by atoms with E-state index in [-0.39, 0.29) is 5.41 Å². The lowest BCUT2D eigenvalue weighted by molar-refractivity contribution is 0.632. The van der Waals surface area contributed by atoms with Crippen LogP contribution in [0.5, 0.6) is 0 Å². The highest BCUT2D eigenvalue weighted by Crippen LogP contribution is 2.53. The Labute approximate surface area is 248 Å². The zero-order chi connectivity index (χ0) is 28.0. The second-order valence-electron chi connectivity index (χ2n) is 11.8. The average Bonchev–Trinajstić information content (AvgIpc) is 3.59. The van der Waals surface area contributed by atoms with E-state index in [0.717, 1.165) is 21.9 Å². The Balaban J connectivity index is 1.25. The van der Waals surface area contributed by atoms with Crippen molar-refractivity contribution < 1.29 is 4.42 Å². The van der Waals surface area contributed by atoms with Gasteiger partial charge in [0, 0.05) is 42.0 Å². The Morgan fingerprint density at radius 1 is 0.524 bits per heavy atom. The van der Waals surface area contributed by atoms with Gasteiger partial charge in [-0.1, -0.05) is 80.6 Å². The summed E-state index contributed by atoms with van der Waals surface area (Å²) in [6, 6.07) is 46.4. The Bertz CT molecular complexity index is 2350. The molecule has 2 nitrogen and oxygen atoms in total. The van der Waals surface area contributed by atoms with E-state index in [1.165, 1.54) is 59.5 Å². The van der Waals surface area contributed by atoms with Crippen LogP contribution in [0.25, 0.3) is 53.2 Å². The molecule has 0 unspecified atom stereocenters. The van der Waals surface area contributed by atoms with Crippen molar-refractivity contribution >= 4 is 70.5 Å². The van der Waals surface area contributed by atoms with Gasteiger partial charge in [-0.05, 0) is 82.9 Å². The fourth-order valence-corrected chi connectivity index (χ4v) is 8.01. The summed E-state index contributed by atoms with van der Waals surface area (Å²) in [5, 5.41) is 4.95. The van der Waals surface area contributed by atoms with Gasteiger partial charge in [-0.3, -0.25) is 0 Å². The van der Waals surface area contributed by atoms with Gasteiger partial charge in [0.1, 0.15) is 11.2 Å². The number of fused-ring (bicyclic) bond motifs is 8. The molecular weight excluding hydrogens is 531 g/mol. The molecule has 1 aliphatic heterocycles. The maximum Gasteiger partial charge on any atom is 0.135 e. The lowest BCUT2D eigenvalue weighted by Crippen LogP contribution is -2.30. The van der Waals surface area contributed by atoms with E-state index in [9.17, 15) is 0 Å². The fourth-order valence-electron chi connectivity index (χ4n) is 6.92. The molecule has 0 bridgehead atoms. The molecule has 2 aromatic heterocycles. The van der Waals surface area contributed by atoms with Crippen molar-refractivity contribution in [3.63, 3.8) is 0 Å². The summed E-state index contributed by atoms with van der Waals surface area (Å²) < 4.78 is 8.77. The molecule has 9 rings (SSSR count). The first-order chi connectivity index (χ1) is 20.6. The number of furan rings is 1. The highest BCUT2D eigenvalue weighted by atomic mass is 32.1. The number of thiophene rings is 1. The SMILES string of the molecule is CC1(C)c2ccccc2N(c2ccc3sc4ccccc4c3c2)c2ccc(-c3ccc4oc5ccccc5c4c3)cc21. The maximum absolute atomic E-state index is 6.11. The zero-order valence-corrected chi connectivity index (χ0v) is 24.2. The molecule has 1 aliphatic rings. The summed E-state index contributed by atoms with van der Waals surface area (Å²) in [5.41, 5.74) is 10.4. The summed E-state index contributed by atoms with van der Waals surface area (Å²) in [4.78, 5) is 2.46. The van der Waals surface area contributed by atoms with Gasteiger partial charge in [0.2, 0.25) is 0 Å². The van der Waals surface area contributed by atoms with E-state index in [1.807, 2.05) is 23.5 Å². The van der Waals surface area contributed by atoms with Crippen LogP contribution in [-0.4, -0.2) is 0 Å². The van der Waals surface area contributed by atoms with Crippen molar-refractivity contribution in [2.75, 3.05) is 4.90 Å². The van der Waals surface area contributed by atoms with E-state index in [0.29, 0.717) is 0 Å². The molecule has 200 valence electrons. The molecule has 0 radical (unpaired) electrons. The highest BCUT2D eigenvalue weighted by Gasteiger charge is 2.37. The predicted molar refractivity (Wildman–Crippen MR) is 179 cm³/mol. The van der Waals surface area contributed by atoms with Crippen molar-refractivity contribution in [2.24, 2.45) is 0 Å². The van der Waals surface area contributed by atoms with E-state index >= 15 is 0 Å². The first-order valence-electron chi connectivity index (χ1n) is 14.4. The molecule has 8 aromatic rings. The van der Waals surface area contributed by atoms with Gasteiger partial charge in [-0.2, -0.15) is 0 Å². The van der Waals surface area contributed by atoms with Gasteiger partial charge in [0.25, 0.3) is 0 Å². The normalized spacial score (nSPS) is 14.1. The molecule has 0 saturated carbocycles. The highest BCUT2D eigenvalue weighted by molar-refractivity contribution is 7.25. The number of rotatable bonds is 2. The van der Waals surface area contributed by atoms with Gasteiger partial charge >= 0.3 is 0 Å². The lowest BCUT2D eigenvalue weighted by atomic mass is 9.73. The Morgan fingerprint density at radius 2 is 1.21 bits per heavy atom. The number of hydrogen-bond donors (Lipinski definition) is 0. The third-order valence-corrected chi connectivity index (χ3v) is 10.2. The molecule has 0 atom stereocenters. The number of hydrogen-bond acceptors (Lipinski definition) is 3. The van der Waals surface area contributed by atoms with Crippen LogP contribution in [0.3, 0.4) is 0 Å². The van der Waals surface area contributed by atoms with E-state index in [2.05, 4.69) is 134 Å². The molecule has 6 aromatic carbocycles. The second kappa shape index (κ2) is 8.58. The predicted octanol–water partition coefficient (Wildman–Crippen LogP) is 11.7. The van der Waals surface area contributed by atoms with Crippen LogP contribution in [0.4, 0.5) is 17.1 Å².